The van der Waals surface area contributed by atoms with Crippen LogP contribution < -0.4 is 5.32 Å². The van der Waals surface area contributed by atoms with Crippen LogP contribution in [0.1, 0.15) is 31.4 Å². The molecule has 2 atom stereocenters. The normalized spacial score (nSPS) is 22.9. The molecule has 2 rings (SSSR count). The van der Waals surface area contributed by atoms with E-state index in [0.717, 1.165) is 13.2 Å². The highest BCUT2D eigenvalue weighted by atomic mass is 16.5. The maximum Gasteiger partial charge on any atom is 0.0700 e. The molecule has 0 bridgehead atoms. The monoisotopic (exact) mass is 206 g/mol. The van der Waals surface area contributed by atoms with Crippen molar-refractivity contribution in [3.63, 3.8) is 0 Å². The van der Waals surface area contributed by atoms with Crippen molar-refractivity contribution in [3.05, 3.63) is 30.1 Å². The molecule has 1 aliphatic heterocycles. The first-order valence-corrected chi connectivity index (χ1v) is 5.61. The number of nitrogens with zero attached hydrogens (tertiary/aromatic N) is 1. The summed E-state index contributed by atoms with van der Waals surface area (Å²) < 4.78 is 5.56. The highest BCUT2D eigenvalue weighted by Crippen LogP contribution is 2.14. The minimum Gasteiger partial charge on any atom is -0.377 e. The van der Waals surface area contributed by atoms with Gasteiger partial charge in [0.05, 0.1) is 6.10 Å². The summed E-state index contributed by atoms with van der Waals surface area (Å²) in [4.78, 5) is 4.01. The van der Waals surface area contributed by atoms with Gasteiger partial charge in [-0.3, -0.25) is 4.98 Å². The summed E-state index contributed by atoms with van der Waals surface area (Å²) in [6.07, 6.45) is 6.47. The summed E-state index contributed by atoms with van der Waals surface area (Å²) in [5.41, 5.74) is 1.28. The molecule has 0 aliphatic carbocycles. The maximum absolute atomic E-state index is 5.56. The van der Waals surface area contributed by atoms with Crippen molar-refractivity contribution < 1.29 is 4.74 Å². The zero-order valence-corrected chi connectivity index (χ0v) is 9.15. The first-order valence-electron chi connectivity index (χ1n) is 5.61. The molecule has 3 heteroatoms. The number of rotatable bonds is 4. The predicted molar refractivity (Wildman–Crippen MR) is 59.6 cm³/mol. The van der Waals surface area contributed by atoms with E-state index in [4.69, 9.17) is 4.74 Å². The molecule has 1 aromatic rings. The van der Waals surface area contributed by atoms with Crippen molar-refractivity contribution >= 4 is 0 Å². The Balaban J connectivity index is 1.79. The van der Waals surface area contributed by atoms with E-state index in [0.29, 0.717) is 12.1 Å². The highest BCUT2D eigenvalue weighted by molar-refractivity contribution is 5.13. The van der Waals surface area contributed by atoms with Gasteiger partial charge < -0.3 is 10.1 Å². The van der Waals surface area contributed by atoms with E-state index in [1.54, 1.807) is 0 Å². The molecule has 1 fully saturated rings. The summed E-state index contributed by atoms with van der Waals surface area (Å²) >= 11 is 0. The molecule has 1 aliphatic rings. The lowest BCUT2D eigenvalue weighted by Gasteiger charge is -2.16. The molecule has 1 aromatic heterocycles. The fraction of sp³-hybridized carbons (Fsp3) is 0.583. The lowest BCUT2D eigenvalue weighted by molar-refractivity contribution is 0.108. The molecule has 1 N–H and O–H groups in total. The van der Waals surface area contributed by atoms with Gasteiger partial charge in [-0.05, 0) is 37.5 Å². The lowest BCUT2D eigenvalue weighted by atomic mass is 10.1. The van der Waals surface area contributed by atoms with Crippen LogP contribution in [0.15, 0.2) is 24.5 Å². The van der Waals surface area contributed by atoms with E-state index in [-0.39, 0.29) is 0 Å². The van der Waals surface area contributed by atoms with E-state index in [9.17, 15) is 0 Å². The summed E-state index contributed by atoms with van der Waals surface area (Å²) in [6, 6.07) is 4.47. The SMILES string of the molecule is C[C@@H](NC[C@H]1CCCO1)c1ccncc1. The average molecular weight is 206 g/mol. The third kappa shape index (κ3) is 3.01. The summed E-state index contributed by atoms with van der Waals surface area (Å²) in [5, 5.41) is 3.49. The second-order valence-electron chi connectivity index (χ2n) is 4.05. The highest BCUT2D eigenvalue weighted by Gasteiger charge is 2.16. The Labute approximate surface area is 90.9 Å². The number of pyridine rings is 1. The van der Waals surface area contributed by atoms with Crippen molar-refractivity contribution in [3.8, 4) is 0 Å². The Hall–Kier alpha value is -0.930. The van der Waals surface area contributed by atoms with E-state index in [1.165, 1.54) is 18.4 Å². The first kappa shape index (κ1) is 10.6. The van der Waals surface area contributed by atoms with Crippen LogP contribution in [-0.2, 0) is 4.74 Å². The van der Waals surface area contributed by atoms with Gasteiger partial charge in [-0.2, -0.15) is 0 Å². The van der Waals surface area contributed by atoms with Crippen LogP contribution >= 0.6 is 0 Å². The second kappa shape index (κ2) is 5.24. The minimum absolute atomic E-state index is 0.372. The van der Waals surface area contributed by atoms with Gasteiger partial charge >= 0.3 is 0 Å². The van der Waals surface area contributed by atoms with Gasteiger partial charge in [-0.15, -0.1) is 0 Å². The largest absolute Gasteiger partial charge is 0.377 e. The Morgan fingerprint density at radius 1 is 1.53 bits per heavy atom. The molecule has 3 nitrogen and oxygen atoms in total. The molecule has 1 saturated heterocycles. The molecule has 82 valence electrons. The number of hydrogen-bond acceptors (Lipinski definition) is 3. The van der Waals surface area contributed by atoms with Crippen molar-refractivity contribution in [1.29, 1.82) is 0 Å². The Morgan fingerprint density at radius 2 is 2.33 bits per heavy atom. The van der Waals surface area contributed by atoms with Gasteiger partial charge in [-0.25, -0.2) is 0 Å². The van der Waals surface area contributed by atoms with Crippen LogP contribution in [0.4, 0.5) is 0 Å². The van der Waals surface area contributed by atoms with Crippen LogP contribution in [0, 0.1) is 0 Å². The maximum atomic E-state index is 5.56. The zero-order valence-electron chi connectivity index (χ0n) is 9.15. The summed E-state index contributed by atoms with van der Waals surface area (Å²) in [5.74, 6) is 0. The van der Waals surface area contributed by atoms with Gasteiger partial charge in [0.2, 0.25) is 0 Å². The van der Waals surface area contributed by atoms with Crippen LogP contribution in [0.2, 0.25) is 0 Å². The Morgan fingerprint density at radius 3 is 3.00 bits per heavy atom. The molecule has 0 unspecified atom stereocenters. The smallest absolute Gasteiger partial charge is 0.0700 e. The Kier molecular flexibility index (Phi) is 3.69. The fourth-order valence-corrected chi connectivity index (χ4v) is 1.88. The van der Waals surface area contributed by atoms with Gasteiger partial charge in [-0.1, -0.05) is 0 Å². The van der Waals surface area contributed by atoms with E-state index < -0.39 is 0 Å². The van der Waals surface area contributed by atoms with Crippen LogP contribution in [0.5, 0.6) is 0 Å². The van der Waals surface area contributed by atoms with Crippen LogP contribution in [0.3, 0.4) is 0 Å². The molecule has 0 radical (unpaired) electrons. The van der Waals surface area contributed by atoms with Gasteiger partial charge in [0, 0.05) is 31.6 Å². The fourth-order valence-electron chi connectivity index (χ4n) is 1.88. The topological polar surface area (TPSA) is 34.1 Å². The van der Waals surface area contributed by atoms with Crippen molar-refractivity contribution in [2.24, 2.45) is 0 Å². The van der Waals surface area contributed by atoms with E-state index in [1.807, 2.05) is 24.5 Å². The lowest BCUT2D eigenvalue weighted by Crippen LogP contribution is -2.28. The zero-order chi connectivity index (χ0) is 10.5. The van der Waals surface area contributed by atoms with Gasteiger partial charge in [0.1, 0.15) is 0 Å². The summed E-state index contributed by atoms with van der Waals surface area (Å²) in [6.45, 7) is 4.05. The minimum atomic E-state index is 0.372. The molecular formula is C12H18N2O. The third-order valence-electron chi connectivity index (χ3n) is 2.88. The van der Waals surface area contributed by atoms with Crippen molar-refractivity contribution in [1.82, 2.24) is 10.3 Å². The second-order valence-corrected chi connectivity index (χ2v) is 4.05. The number of aromatic nitrogens is 1. The van der Waals surface area contributed by atoms with Crippen molar-refractivity contribution in [2.75, 3.05) is 13.2 Å². The number of nitrogens with one attached hydrogen (secondary N) is 1. The predicted octanol–water partition coefficient (Wildman–Crippen LogP) is 1.91. The van der Waals surface area contributed by atoms with Crippen LogP contribution in [-0.4, -0.2) is 24.2 Å². The van der Waals surface area contributed by atoms with Gasteiger partial charge in [0.15, 0.2) is 0 Å². The standard InChI is InChI=1S/C12H18N2O/c1-10(11-4-6-13-7-5-11)14-9-12-3-2-8-15-12/h4-7,10,12,14H,2-3,8-9H2,1H3/t10-,12-/m1/s1. The molecule has 0 amide bonds. The molecular weight excluding hydrogens is 188 g/mol. The quantitative estimate of drug-likeness (QED) is 0.817. The first-order chi connectivity index (χ1) is 7.36. The summed E-state index contributed by atoms with van der Waals surface area (Å²) in [7, 11) is 0. The molecule has 0 saturated carbocycles. The van der Waals surface area contributed by atoms with E-state index >= 15 is 0 Å². The third-order valence-corrected chi connectivity index (χ3v) is 2.88. The molecule has 0 spiro atoms. The number of hydrogen-bond donors (Lipinski definition) is 1. The van der Waals surface area contributed by atoms with Gasteiger partial charge in [0.25, 0.3) is 0 Å². The molecule has 15 heavy (non-hydrogen) atoms. The Bertz CT molecular complexity index is 283. The average Bonchev–Trinajstić information content (AvgIpc) is 2.80. The van der Waals surface area contributed by atoms with E-state index in [2.05, 4.69) is 17.2 Å². The molecule has 0 aromatic carbocycles. The molecule has 2 heterocycles. The van der Waals surface area contributed by atoms with Crippen molar-refractivity contribution in [2.45, 2.75) is 31.9 Å². The number of ether oxygens (including phenoxy) is 1. The van der Waals surface area contributed by atoms with Crippen LogP contribution in [0.25, 0.3) is 0 Å².